The fourth-order valence-corrected chi connectivity index (χ4v) is 6.13. The molecule has 1 heterocycles. The van der Waals surface area contributed by atoms with E-state index in [2.05, 4.69) is 4.72 Å². The molecule has 8 heteroatoms. The van der Waals surface area contributed by atoms with Crippen LogP contribution < -0.4 is 4.72 Å². The Morgan fingerprint density at radius 3 is 1.74 bits per heavy atom. The van der Waals surface area contributed by atoms with Crippen LogP contribution in [0.25, 0.3) is 0 Å². The van der Waals surface area contributed by atoms with Crippen molar-refractivity contribution in [2.75, 3.05) is 13.2 Å². The highest BCUT2D eigenvalue weighted by molar-refractivity contribution is 7.89. The Balaban J connectivity index is 1.38. The summed E-state index contributed by atoms with van der Waals surface area (Å²) in [6.45, 7) is 3.31. The van der Waals surface area contributed by atoms with Gasteiger partial charge in [0.05, 0.1) is 44.0 Å². The first-order valence-corrected chi connectivity index (χ1v) is 15.6. The van der Waals surface area contributed by atoms with Crippen LogP contribution in [0.15, 0.2) is 120 Å². The van der Waals surface area contributed by atoms with Crippen LogP contribution in [0, 0.1) is 6.92 Å². The van der Waals surface area contributed by atoms with Gasteiger partial charge < -0.3 is 18.9 Å². The van der Waals surface area contributed by atoms with Gasteiger partial charge in [-0.1, -0.05) is 109 Å². The molecule has 220 valence electrons. The topological polar surface area (TPSA) is 83.1 Å². The first kappa shape index (κ1) is 30.1. The second-order valence-corrected chi connectivity index (χ2v) is 12.1. The van der Waals surface area contributed by atoms with Gasteiger partial charge >= 0.3 is 0 Å². The fraction of sp³-hybridized carbons (Fsp3) is 0.294. The van der Waals surface area contributed by atoms with Crippen molar-refractivity contribution in [1.82, 2.24) is 4.72 Å². The van der Waals surface area contributed by atoms with E-state index in [0.29, 0.717) is 13.2 Å². The summed E-state index contributed by atoms with van der Waals surface area (Å²) in [5, 5.41) is 0. The quantitative estimate of drug-likeness (QED) is 0.225. The number of ether oxygens (including phenoxy) is 4. The Labute approximate surface area is 248 Å². The SMILES string of the molecule is Cc1ccc(S(=O)(=O)N[C@H]2CO[C@H](COCc3ccccc3)[C@H](OCc3ccccc3)[C@@H]2OCc2ccccc2)cc1. The Morgan fingerprint density at radius 2 is 1.19 bits per heavy atom. The molecule has 4 aromatic carbocycles. The predicted molar refractivity (Wildman–Crippen MR) is 161 cm³/mol. The lowest BCUT2D eigenvalue weighted by Crippen LogP contribution is -2.61. The van der Waals surface area contributed by atoms with Gasteiger partial charge in [-0.05, 0) is 35.7 Å². The highest BCUT2D eigenvalue weighted by Gasteiger charge is 2.44. The molecule has 1 aliphatic heterocycles. The third-order valence-corrected chi connectivity index (χ3v) is 8.68. The van der Waals surface area contributed by atoms with E-state index >= 15 is 0 Å². The number of benzene rings is 4. The number of hydrogen-bond acceptors (Lipinski definition) is 6. The van der Waals surface area contributed by atoms with Gasteiger partial charge in [-0.15, -0.1) is 0 Å². The van der Waals surface area contributed by atoms with E-state index in [0.717, 1.165) is 22.3 Å². The van der Waals surface area contributed by atoms with E-state index in [1.54, 1.807) is 24.3 Å². The van der Waals surface area contributed by atoms with Crippen molar-refractivity contribution < 1.29 is 27.4 Å². The van der Waals surface area contributed by atoms with Crippen molar-refractivity contribution >= 4 is 10.0 Å². The molecule has 0 radical (unpaired) electrons. The van der Waals surface area contributed by atoms with Crippen LogP contribution in [0.3, 0.4) is 0 Å². The van der Waals surface area contributed by atoms with Crippen molar-refractivity contribution in [3.8, 4) is 0 Å². The lowest BCUT2D eigenvalue weighted by molar-refractivity contribution is -0.206. The Bertz CT molecular complexity index is 1470. The third kappa shape index (κ3) is 8.35. The van der Waals surface area contributed by atoms with Gasteiger partial charge in [0.2, 0.25) is 10.0 Å². The molecule has 5 rings (SSSR count). The molecular weight excluding hydrogens is 550 g/mol. The molecule has 1 aliphatic rings. The summed E-state index contributed by atoms with van der Waals surface area (Å²) in [6, 6.07) is 35.6. The number of rotatable bonds is 13. The average Bonchev–Trinajstić information content (AvgIpc) is 3.02. The van der Waals surface area contributed by atoms with Gasteiger partial charge in [0.1, 0.15) is 18.3 Å². The summed E-state index contributed by atoms with van der Waals surface area (Å²) in [6.07, 6.45) is -1.73. The van der Waals surface area contributed by atoms with E-state index in [9.17, 15) is 8.42 Å². The van der Waals surface area contributed by atoms with Gasteiger partial charge in [0, 0.05) is 0 Å². The molecule has 1 fully saturated rings. The Kier molecular flexibility index (Phi) is 10.5. The summed E-state index contributed by atoms with van der Waals surface area (Å²) < 4.78 is 55.0. The smallest absolute Gasteiger partial charge is 0.240 e. The highest BCUT2D eigenvalue weighted by atomic mass is 32.2. The van der Waals surface area contributed by atoms with E-state index in [1.807, 2.05) is 97.9 Å². The Morgan fingerprint density at radius 1 is 0.690 bits per heavy atom. The van der Waals surface area contributed by atoms with Crippen LogP contribution >= 0.6 is 0 Å². The minimum absolute atomic E-state index is 0.106. The van der Waals surface area contributed by atoms with Crippen LogP contribution in [0.5, 0.6) is 0 Å². The number of hydrogen-bond donors (Lipinski definition) is 1. The third-order valence-electron chi connectivity index (χ3n) is 7.18. The maximum absolute atomic E-state index is 13.4. The van der Waals surface area contributed by atoms with Crippen LogP contribution in [0.2, 0.25) is 0 Å². The van der Waals surface area contributed by atoms with Gasteiger partial charge in [-0.25, -0.2) is 13.1 Å². The number of aryl methyl sites for hydroxylation is 1. The molecular formula is C34H37NO6S. The minimum atomic E-state index is -3.85. The fourth-order valence-electron chi connectivity index (χ4n) is 4.90. The first-order valence-electron chi connectivity index (χ1n) is 14.1. The lowest BCUT2D eigenvalue weighted by atomic mass is 9.98. The van der Waals surface area contributed by atoms with E-state index in [-0.39, 0.29) is 24.7 Å². The summed E-state index contributed by atoms with van der Waals surface area (Å²) in [7, 11) is -3.85. The minimum Gasteiger partial charge on any atom is -0.374 e. The zero-order valence-electron chi connectivity index (χ0n) is 23.7. The first-order chi connectivity index (χ1) is 20.5. The number of sulfonamides is 1. The van der Waals surface area contributed by atoms with Gasteiger partial charge in [-0.2, -0.15) is 0 Å². The van der Waals surface area contributed by atoms with Gasteiger partial charge in [0.25, 0.3) is 0 Å². The van der Waals surface area contributed by atoms with Crippen LogP contribution in [-0.2, 0) is 48.8 Å². The molecule has 7 nitrogen and oxygen atoms in total. The molecule has 0 unspecified atom stereocenters. The monoisotopic (exact) mass is 587 g/mol. The standard InChI is InChI=1S/C34H37NO6S/c1-26-17-19-30(20-18-26)42(36,37)35-31-24-39-32(25-38-21-27-11-5-2-6-12-27)34(41-23-29-15-9-4-10-16-29)33(31)40-22-28-13-7-3-8-14-28/h2-20,31-35H,21-25H2,1H3/t31-,32+,33+,34-/m0/s1. The molecule has 0 aromatic heterocycles. The molecule has 4 aromatic rings. The molecule has 0 aliphatic carbocycles. The van der Waals surface area contributed by atoms with E-state index < -0.39 is 34.4 Å². The maximum Gasteiger partial charge on any atom is 0.240 e. The maximum atomic E-state index is 13.4. The van der Waals surface area contributed by atoms with E-state index in [1.165, 1.54) is 0 Å². The second kappa shape index (κ2) is 14.7. The van der Waals surface area contributed by atoms with Crippen molar-refractivity contribution in [3.05, 3.63) is 138 Å². The molecule has 1 saturated heterocycles. The molecule has 4 atom stereocenters. The normalized spacial score (nSPS) is 20.8. The summed E-state index contributed by atoms with van der Waals surface area (Å²) in [4.78, 5) is 0.185. The van der Waals surface area contributed by atoms with Crippen LogP contribution in [0.4, 0.5) is 0 Å². The van der Waals surface area contributed by atoms with Gasteiger partial charge in [-0.3, -0.25) is 0 Å². The molecule has 42 heavy (non-hydrogen) atoms. The van der Waals surface area contributed by atoms with Crippen LogP contribution in [-0.4, -0.2) is 46.0 Å². The average molecular weight is 588 g/mol. The van der Waals surface area contributed by atoms with Crippen molar-refractivity contribution in [2.24, 2.45) is 0 Å². The summed E-state index contributed by atoms with van der Waals surface area (Å²) in [5.74, 6) is 0. The molecule has 1 N–H and O–H groups in total. The predicted octanol–water partition coefficient (Wildman–Crippen LogP) is 5.43. The zero-order valence-corrected chi connectivity index (χ0v) is 24.5. The molecule has 0 bridgehead atoms. The van der Waals surface area contributed by atoms with Crippen LogP contribution in [0.1, 0.15) is 22.3 Å². The molecule has 0 amide bonds. The molecule has 0 spiro atoms. The van der Waals surface area contributed by atoms with Crippen molar-refractivity contribution in [2.45, 2.75) is 56.0 Å². The highest BCUT2D eigenvalue weighted by Crippen LogP contribution is 2.26. The Hall–Kier alpha value is -3.37. The second-order valence-electron chi connectivity index (χ2n) is 10.4. The molecule has 0 saturated carbocycles. The van der Waals surface area contributed by atoms with E-state index in [4.69, 9.17) is 18.9 Å². The summed E-state index contributed by atoms with van der Waals surface area (Å²) in [5.41, 5.74) is 4.00. The lowest BCUT2D eigenvalue weighted by Gasteiger charge is -2.42. The zero-order chi connectivity index (χ0) is 29.2. The van der Waals surface area contributed by atoms with Crippen molar-refractivity contribution in [3.63, 3.8) is 0 Å². The largest absolute Gasteiger partial charge is 0.374 e. The van der Waals surface area contributed by atoms with Gasteiger partial charge in [0.15, 0.2) is 0 Å². The van der Waals surface area contributed by atoms with Crippen molar-refractivity contribution in [1.29, 1.82) is 0 Å². The number of nitrogens with one attached hydrogen (secondary N) is 1. The summed E-state index contributed by atoms with van der Waals surface area (Å²) >= 11 is 0.